The van der Waals surface area contributed by atoms with E-state index >= 15 is 4.39 Å². The number of pyridine rings is 1. The Morgan fingerprint density at radius 3 is 2.40 bits per heavy atom. The van der Waals surface area contributed by atoms with E-state index in [2.05, 4.69) is 15.1 Å². The fourth-order valence-corrected chi connectivity index (χ4v) is 4.45. The summed E-state index contributed by atoms with van der Waals surface area (Å²) in [6.07, 6.45) is -4.07. The Balaban J connectivity index is 0.000000517. The lowest BCUT2D eigenvalue weighted by molar-refractivity contribution is -0.192. The van der Waals surface area contributed by atoms with Crippen LogP contribution in [0.1, 0.15) is 23.7 Å². The molecule has 0 saturated heterocycles. The van der Waals surface area contributed by atoms with Gasteiger partial charge >= 0.3 is 12.1 Å². The molecule has 0 fully saturated rings. The number of carboxylic acid groups (broad SMARTS) is 1. The molecule has 0 saturated carbocycles. The lowest BCUT2D eigenvalue weighted by Gasteiger charge is -2.12. The van der Waals surface area contributed by atoms with E-state index in [4.69, 9.17) is 33.0 Å². The molecular weight excluding hydrogens is 576 g/mol. The Hall–Kier alpha value is -4.71. The molecule has 0 bridgehead atoms. The van der Waals surface area contributed by atoms with Crippen molar-refractivity contribution in [3.8, 4) is 22.8 Å². The number of anilines is 2. The molecule has 0 amide bonds. The number of hydrogen-bond donors (Lipinski definition) is 3. The summed E-state index contributed by atoms with van der Waals surface area (Å²) < 4.78 is 49.2. The van der Waals surface area contributed by atoms with Gasteiger partial charge in [0.25, 0.3) is 0 Å². The third kappa shape index (κ3) is 6.77. The molecule has 0 radical (unpaired) electrons. The summed E-state index contributed by atoms with van der Waals surface area (Å²) in [7, 11) is 1.75. The highest BCUT2D eigenvalue weighted by atomic mass is 35.5. The van der Waals surface area contributed by atoms with Crippen molar-refractivity contribution >= 4 is 39.8 Å². The molecule has 42 heavy (non-hydrogen) atoms. The highest BCUT2D eigenvalue weighted by molar-refractivity contribution is 6.30. The van der Waals surface area contributed by atoms with Gasteiger partial charge in [-0.3, -0.25) is 0 Å². The number of benzene rings is 3. The fourth-order valence-electron chi connectivity index (χ4n) is 4.26. The van der Waals surface area contributed by atoms with Gasteiger partial charge in [-0.1, -0.05) is 36.7 Å². The van der Waals surface area contributed by atoms with Crippen LogP contribution in [0.3, 0.4) is 0 Å². The first kappa shape index (κ1) is 30.3. The van der Waals surface area contributed by atoms with Crippen molar-refractivity contribution in [2.75, 3.05) is 11.5 Å². The second kappa shape index (κ2) is 12.0. The van der Waals surface area contributed by atoms with Gasteiger partial charge in [-0.2, -0.15) is 18.3 Å². The minimum Gasteiger partial charge on any atom is -0.475 e. The van der Waals surface area contributed by atoms with Crippen molar-refractivity contribution in [1.29, 1.82) is 0 Å². The van der Waals surface area contributed by atoms with E-state index in [-0.39, 0.29) is 12.2 Å². The summed E-state index contributed by atoms with van der Waals surface area (Å²) in [5, 5.41) is 13.9. The molecule has 0 aliphatic carbocycles. The first-order valence-electron chi connectivity index (χ1n) is 12.5. The summed E-state index contributed by atoms with van der Waals surface area (Å²) in [5.41, 5.74) is 16.1. The average molecular weight is 601 g/mol. The maximum absolute atomic E-state index is 15.9. The van der Waals surface area contributed by atoms with E-state index in [1.54, 1.807) is 29.9 Å². The van der Waals surface area contributed by atoms with Gasteiger partial charge < -0.3 is 16.6 Å². The first-order chi connectivity index (χ1) is 19.8. The molecule has 0 aliphatic heterocycles. The zero-order valence-electron chi connectivity index (χ0n) is 22.4. The van der Waals surface area contributed by atoms with E-state index < -0.39 is 12.1 Å². The van der Waals surface area contributed by atoms with Crippen LogP contribution in [0.2, 0.25) is 5.02 Å². The molecule has 5 aromatic rings. The Labute approximate surface area is 242 Å². The van der Waals surface area contributed by atoms with Gasteiger partial charge in [-0.15, -0.1) is 0 Å². The van der Waals surface area contributed by atoms with Crippen LogP contribution in [0, 0.1) is 5.82 Å². The predicted octanol–water partition coefficient (Wildman–Crippen LogP) is 6.44. The van der Waals surface area contributed by atoms with Crippen molar-refractivity contribution < 1.29 is 27.5 Å². The second-order valence-electron chi connectivity index (χ2n) is 9.32. The molecule has 8 nitrogen and oxygen atoms in total. The molecule has 0 atom stereocenters. The maximum Gasteiger partial charge on any atom is 0.490 e. The number of fused-ring (bicyclic) bond motifs is 1. The number of hydrogen-bond acceptors (Lipinski definition) is 6. The Kier molecular flexibility index (Phi) is 8.67. The monoisotopic (exact) mass is 600 g/mol. The van der Waals surface area contributed by atoms with Gasteiger partial charge in [0.2, 0.25) is 0 Å². The average Bonchev–Trinajstić information content (AvgIpc) is 3.30. The van der Waals surface area contributed by atoms with Crippen LogP contribution in [-0.2, 0) is 24.7 Å². The van der Waals surface area contributed by atoms with Crippen LogP contribution in [0.25, 0.3) is 33.5 Å². The smallest absolute Gasteiger partial charge is 0.475 e. The van der Waals surface area contributed by atoms with Crippen molar-refractivity contribution in [2.45, 2.75) is 25.9 Å². The normalized spacial score (nSPS) is 11.3. The highest BCUT2D eigenvalue weighted by Crippen LogP contribution is 2.30. The SMILES string of the molecule is CCc1cc(Cc2cc3cc(N)ccc3c(N)n2)c(F)c(-c2nc(-c3cccc(Cl)c3)nn2C)c1.O=C(O)C(F)(F)F. The number of halogens is 5. The summed E-state index contributed by atoms with van der Waals surface area (Å²) in [6.45, 7) is 2.03. The molecule has 0 aliphatic rings. The molecular formula is C29H25ClF4N6O2. The number of aliphatic carboxylic acids is 1. The van der Waals surface area contributed by atoms with E-state index in [0.29, 0.717) is 45.0 Å². The predicted molar refractivity (Wildman–Crippen MR) is 153 cm³/mol. The lowest BCUT2D eigenvalue weighted by Crippen LogP contribution is -2.21. The summed E-state index contributed by atoms with van der Waals surface area (Å²) in [6, 6.07) is 18.4. The van der Waals surface area contributed by atoms with Crippen LogP contribution in [-0.4, -0.2) is 37.0 Å². The van der Waals surface area contributed by atoms with Gasteiger partial charge in [0.15, 0.2) is 11.6 Å². The molecule has 5 N–H and O–H groups in total. The second-order valence-corrected chi connectivity index (χ2v) is 9.76. The Bertz CT molecular complexity index is 1790. The number of aromatic nitrogens is 4. The zero-order chi connectivity index (χ0) is 30.8. The number of rotatable bonds is 5. The Morgan fingerprint density at radius 1 is 1.05 bits per heavy atom. The lowest BCUT2D eigenvalue weighted by atomic mass is 9.98. The van der Waals surface area contributed by atoms with Crippen LogP contribution < -0.4 is 11.5 Å². The van der Waals surface area contributed by atoms with Crippen molar-refractivity contribution in [1.82, 2.24) is 19.7 Å². The van der Waals surface area contributed by atoms with Gasteiger partial charge in [0.05, 0.1) is 5.56 Å². The van der Waals surface area contributed by atoms with Gasteiger partial charge in [0, 0.05) is 40.8 Å². The van der Waals surface area contributed by atoms with E-state index in [1.807, 2.05) is 49.4 Å². The number of aryl methyl sites for hydroxylation is 2. The zero-order valence-corrected chi connectivity index (χ0v) is 23.1. The minimum absolute atomic E-state index is 0.278. The fraction of sp³-hybridized carbons (Fsp3) is 0.172. The van der Waals surface area contributed by atoms with Crippen molar-refractivity contribution in [2.24, 2.45) is 7.05 Å². The largest absolute Gasteiger partial charge is 0.490 e. The maximum atomic E-state index is 15.9. The molecule has 2 heterocycles. The number of alkyl halides is 3. The molecule has 0 spiro atoms. The standard InChI is InChI=1S/C27H24ClFN6.C2HF3O2/c1-3-15-9-18(14-21-13-17-12-20(30)7-8-22(17)25(31)32-21)24(29)23(10-15)27-33-26(34-35(27)2)16-5-4-6-19(28)11-16;3-2(4,5)1(6)7/h4-13H,3,14,30H2,1-2H3,(H2,31,32);(H,6,7). The van der Waals surface area contributed by atoms with Crippen LogP contribution in [0.15, 0.2) is 60.7 Å². The number of nitrogens with two attached hydrogens (primary N) is 2. The summed E-state index contributed by atoms with van der Waals surface area (Å²) in [4.78, 5) is 18.1. The van der Waals surface area contributed by atoms with Crippen LogP contribution in [0.5, 0.6) is 0 Å². The van der Waals surface area contributed by atoms with E-state index in [1.165, 1.54) is 0 Å². The Morgan fingerprint density at radius 2 is 1.76 bits per heavy atom. The van der Waals surface area contributed by atoms with Crippen LogP contribution in [0.4, 0.5) is 29.1 Å². The summed E-state index contributed by atoms with van der Waals surface area (Å²) >= 11 is 6.13. The molecule has 0 unspecified atom stereocenters. The van der Waals surface area contributed by atoms with E-state index in [0.717, 1.165) is 28.3 Å². The van der Waals surface area contributed by atoms with Gasteiger partial charge in [-0.25, -0.2) is 23.8 Å². The number of carboxylic acids is 1. The highest BCUT2D eigenvalue weighted by Gasteiger charge is 2.38. The number of nitrogen functional groups attached to an aromatic ring is 2. The quantitative estimate of drug-likeness (QED) is 0.156. The molecule has 2 aromatic heterocycles. The topological polar surface area (TPSA) is 133 Å². The minimum atomic E-state index is -5.08. The third-order valence-electron chi connectivity index (χ3n) is 6.25. The molecule has 5 rings (SSSR count). The van der Waals surface area contributed by atoms with Gasteiger partial charge in [0.1, 0.15) is 11.6 Å². The molecule has 218 valence electrons. The number of carbonyl (C=O) groups is 1. The first-order valence-corrected chi connectivity index (χ1v) is 12.9. The van der Waals surface area contributed by atoms with E-state index in [9.17, 15) is 13.2 Å². The number of nitrogens with zero attached hydrogens (tertiary/aromatic N) is 4. The molecule has 13 heteroatoms. The molecule has 3 aromatic carbocycles. The van der Waals surface area contributed by atoms with Crippen molar-refractivity contribution in [3.05, 3.63) is 88.3 Å². The van der Waals surface area contributed by atoms with Gasteiger partial charge in [-0.05, 0) is 65.4 Å². The summed E-state index contributed by atoms with van der Waals surface area (Å²) in [5.74, 6) is -1.80. The third-order valence-corrected chi connectivity index (χ3v) is 6.49. The van der Waals surface area contributed by atoms with Crippen LogP contribution >= 0.6 is 11.6 Å². The van der Waals surface area contributed by atoms with Crippen molar-refractivity contribution in [3.63, 3.8) is 0 Å².